The summed E-state index contributed by atoms with van der Waals surface area (Å²) in [5.41, 5.74) is 13.7. The SMILES string of the molecule is COc1cc(-c2nc3ccc(C#N)cc3n2C2CC2)cnn1.COc1cc(C(=O)O)cnn1.ClCCl.[C-]#[N+]c1ccc(N)c(NC2CC2)c1.[C-]#[N+]c1ccc(NC(=O)c2cnnc(OC)c2)c(NC2CC2)c1. The second-order valence-corrected chi connectivity index (χ2v) is 16.5. The summed E-state index contributed by atoms with van der Waals surface area (Å²) < 4.78 is 17.0. The number of nitriles is 1. The standard InChI is InChI=1S/C16H15N5O2.C16H13N5O.C10H11N3.C6H6N2O3.CH2Cl2/c1-17-12-5-6-13(14(8-12)19-11-3-4-11)20-16(22)10-7-15(23-2)21-18-9-10;1-22-15-7-11(9-18-20-15)16-19-13-5-2-10(8-17)6-14(13)21(16)12-3-4-12;1-12-8-4-5-9(11)10(6-8)13-7-2-3-7;1-11-5-2-4(6(9)10)3-7-8-5;2-1-3/h5-9,11,19H,3-4H2,2H3,(H,20,22);2,5-7,9,12H,3-4H2,1H3;4-7,13H,2-3,11H2;2-3H,1H3,(H,9,10);1H2. The number of amides is 1. The number of nitrogens with zero attached hydrogens (tertiary/aromatic N) is 11. The lowest BCUT2D eigenvalue weighted by atomic mass is 10.2. The maximum atomic E-state index is 12.4. The molecule has 0 radical (unpaired) electrons. The number of anilines is 4. The molecule has 0 bridgehead atoms. The smallest absolute Gasteiger partial charge is 0.337 e. The van der Waals surface area contributed by atoms with Crippen molar-refractivity contribution in [3.63, 3.8) is 0 Å². The average Bonchev–Trinajstić information content (AvgIpc) is 4.31. The molecule has 0 saturated heterocycles. The Hall–Kier alpha value is -8.84. The molecule has 23 heteroatoms. The Labute approximate surface area is 423 Å². The lowest BCUT2D eigenvalue weighted by Gasteiger charge is -2.13. The number of methoxy groups -OCH3 is 3. The van der Waals surface area contributed by atoms with Crippen molar-refractivity contribution >= 4 is 80.2 Å². The highest BCUT2D eigenvalue weighted by Crippen LogP contribution is 2.42. The summed E-state index contributed by atoms with van der Waals surface area (Å²) in [6.07, 6.45) is 11.1. The number of benzene rings is 3. The van der Waals surface area contributed by atoms with Gasteiger partial charge in [-0.2, -0.15) is 20.6 Å². The molecular formula is C49H47Cl2N15O6. The Morgan fingerprint density at radius 2 is 1.29 bits per heavy atom. The summed E-state index contributed by atoms with van der Waals surface area (Å²) in [5, 5.41) is 49.5. The van der Waals surface area contributed by atoms with E-state index in [4.69, 9.17) is 66.9 Å². The third-order valence-corrected chi connectivity index (χ3v) is 10.4. The van der Waals surface area contributed by atoms with Crippen LogP contribution in [0.1, 0.15) is 70.8 Å². The highest BCUT2D eigenvalue weighted by Gasteiger charge is 2.29. The Morgan fingerprint density at radius 1 is 0.750 bits per heavy atom. The van der Waals surface area contributed by atoms with Crippen LogP contribution in [0, 0.1) is 24.5 Å². The molecule has 7 aromatic rings. The molecule has 4 aromatic heterocycles. The molecule has 72 heavy (non-hydrogen) atoms. The molecule has 0 unspecified atom stereocenters. The normalized spacial score (nSPS) is 12.8. The zero-order valence-corrected chi connectivity index (χ0v) is 40.6. The van der Waals surface area contributed by atoms with Crippen LogP contribution in [0.25, 0.3) is 32.1 Å². The molecule has 6 N–H and O–H groups in total. The number of carbonyl (C=O) groups excluding carboxylic acids is 1. The molecule has 21 nitrogen and oxygen atoms in total. The minimum Gasteiger partial charge on any atom is -0.480 e. The van der Waals surface area contributed by atoms with E-state index in [1.807, 2.05) is 18.2 Å². The molecule has 368 valence electrons. The molecule has 10 rings (SSSR count). The number of nitrogen functional groups attached to an aromatic ring is 1. The van der Waals surface area contributed by atoms with Crippen LogP contribution in [-0.2, 0) is 0 Å². The highest BCUT2D eigenvalue weighted by atomic mass is 35.5. The first-order chi connectivity index (χ1) is 34.9. The average molecular weight is 1010 g/mol. The van der Waals surface area contributed by atoms with Gasteiger partial charge in [0, 0.05) is 53.3 Å². The Balaban J connectivity index is 0.000000160. The number of ether oxygens (including phenoxy) is 3. The predicted molar refractivity (Wildman–Crippen MR) is 272 cm³/mol. The van der Waals surface area contributed by atoms with Gasteiger partial charge in [-0.05, 0) is 81.0 Å². The fourth-order valence-electron chi connectivity index (χ4n) is 6.43. The maximum Gasteiger partial charge on any atom is 0.337 e. The van der Waals surface area contributed by atoms with E-state index in [1.54, 1.807) is 55.8 Å². The second-order valence-electron chi connectivity index (χ2n) is 15.7. The molecule has 3 aliphatic rings. The Kier molecular flexibility index (Phi) is 18.7. The van der Waals surface area contributed by atoms with Gasteiger partial charge in [-0.25, -0.2) is 19.5 Å². The number of nitrogens with two attached hydrogens (primary N) is 1. The first-order valence-electron chi connectivity index (χ1n) is 21.9. The number of carboxylic acids is 1. The Bertz CT molecular complexity index is 3140. The number of hydrogen-bond donors (Lipinski definition) is 5. The van der Waals surface area contributed by atoms with E-state index in [0.29, 0.717) is 52.2 Å². The fraction of sp³-hybridized carbons (Fsp3) is 0.265. The zero-order chi connectivity index (χ0) is 51.6. The van der Waals surface area contributed by atoms with Gasteiger partial charge in [0.1, 0.15) is 5.82 Å². The third-order valence-electron chi connectivity index (χ3n) is 10.4. The Morgan fingerprint density at radius 3 is 1.85 bits per heavy atom. The number of aromatic carboxylic acids is 1. The van der Waals surface area contributed by atoms with E-state index >= 15 is 0 Å². The van der Waals surface area contributed by atoms with E-state index in [2.05, 4.69) is 71.6 Å². The lowest BCUT2D eigenvalue weighted by molar-refractivity contribution is 0.0695. The number of fused-ring (bicyclic) bond motifs is 1. The van der Waals surface area contributed by atoms with Crippen molar-refractivity contribution in [2.24, 2.45) is 0 Å². The minimum absolute atomic E-state index is 0.0665. The molecule has 3 aliphatic carbocycles. The third kappa shape index (κ3) is 15.1. The highest BCUT2D eigenvalue weighted by molar-refractivity contribution is 6.40. The number of halogens is 2. The van der Waals surface area contributed by atoms with E-state index in [-0.39, 0.29) is 28.6 Å². The maximum absolute atomic E-state index is 12.4. The van der Waals surface area contributed by atoms with Crippen molar-refractivity contribution in [1.29, 1.82) is 5.26 Å². The van der Waals surface area contributed by atoms with E-state index in [0.717, 1.165) is 71.4 Å². The largest absolute Gasteiger partial charge is 0.480 e. The molecule has 4 heterocycles. The first-order valence-corrected chi connectivity index (χ1v) is 23.0. The topological polar surface area (TPSA) is 272 Å². The monoisotopic (exact) mass is 1010 g/mol. The summed E-state index contributed by atoms with van der Waals surface area (Å²) in [7, 11) is 4.43. The quantitative estimate of drug-likeness (QED) is 0.0433. The van der Waals surface area contributed by atoms with Crippen molar-refractivity contribution in [3.8, 4) is 35.1 Å². The number of nitrogens with one attached hydrogen (secondary N) is 3. The number of aromatic nitrogens is 8. The van der Waals surface area contributed by atoms with Crippen molar-refractivity contribution in [2.75, 3.05) is 48.4 Å². The molecule has 3 aromatic carbocycles. The summed E-state index contributed by atoms with van der Waals surface area (Å²) >= 11 is 9.53. The predicted octanol–water partition coefficient (Wildman–Crippen LogP) is 9.57. The van der Waals surface area contributed by atoms with Gasteiger partial charge in [0.2, 0.25) is 17.6 Å². The van der Waals surface area contributed by atoms with Gasteiger partial charge in [0.15, 0.2) is 11.4 Å². The van der Waals surface area contributed by atoms with Gasteiger partial charge < -0.3 is 45.6 Å². The van der Waals surface area contributed by atoms with Gasteiger partial charge in [-0.15, -0.1) is 38.5 Å². The summed E-state index contributed by atoms with van der Waals surface area (Å²) in [6.45, 7) is 14.0. The summed E-state index contributed by atoms with van der Waals surface area (Å²) in [5.74, 6) is 0.429. The van der Waals surface area contributed by atoms with Gasteiger partial charge in [-0.3, -0.25) is 4.79 Å². The van der Waals surface area contributed by atoms with E-state index < -0.39 is 5.97 Å². The summed E-state index contributed by atoms with van der Waals surface area (Å²) in [6, 6.07) is 24.3. The lowest BCUT2D eigenvalue weighted by Crippen LogP contribution is -2.15. The first kappa shape index (κ1) is 52.5. The fourth-order valence-corrected chi connectivity index (χ4v) is 6.43. The van der Waals surface area contributed by atoms with Crippen molar-refractivity contribution in [1.82, 2.24) is 40.1 Å². The van der Waals surface area contributed by atoms with Gasteiger partial charge in [-0.1, -0.05) is 12.1 Å². The van der Waals surface area contributed by atoms with Crippen LogP contribution in [0.15, 0.2) is 91.4 Å². The van der Waals surface area contributed by atoms with E-state index in [9.17, 15) is 9.59 Å². The van der Waals surface area contributed by atoms with Crippen LogP contribution in [0.3, 0.4) is 0 Å². The molecule has 0 atom stereocenters. The van der Waals surface area contributed by atoms with Crippen LogP contribution in [-0.4, -0.2) is 95.9 Å². The molecule has 0 spiro atoms. The number of hydrogen-bond acceptors (Lipinski definition) is 16. The van der Waals surface area contributed by atoms with Crippen LogP contribution >= 0.6 is 23.2 Å². The number of carboxylic acid groups (broad SMARTS) is 1. The molecule has 3 fully saturated rings. The van der Waals surface area contributed by atoms with Crippen LogP contribution < -0.4 is 35.9 Å². The van der Waals surface area contributed by atoms with Crippen LogP contribution in [0.5, 0.6) is 17.6 Å². The number of rotatable bonds is 12. The van der Waals surface area contributed by atoms with Gasteiger partial charge >= 0.3 is 5.97 Å². The van der Waals surface area contributed by atoms with Crippen molar-refractivity contribution in [2.45, 2.75) is 56.7 Å². The van der Waals surface area contributed by atoms with Crippen molar-refractivity contribution in [3.05, 3.63) is 131 Å². The molecular weight excluding hydrogens is 966 g/mol. The number of carbonyl (C=O) groups is 2. The molecule has 1 amide bonds. The van der Waals surface area contributed by atoms with Gasteiger partial charge in [0.25, 0.3) is 5.91 Å². The zero-order valence-electron chi connectivity index (χ0n) is 39.1. The minimum atomic E-state index is -1.04. The van der Waals surface area contributed by atoms with Crippen LogP contribution in [0.2, 0.25) is 0 Å². The summed E-state index contributed by atoms with van der Waals surface area (Å²) in [4.78, 5) is 34.2. The van der Waals surface area contributed by atoms with E-state index in [1.165, 1.54) is 45.4 Å². The second kappa shape index (κ2) is 25.7. The molecule has 3 saturated carbocycles. The number of imidazole rings is 1. The van der Waals surface area contributed by atoms with Gasteiger partial charge in [0.05, 0.1) is 104 Å². The molecule has 0 aliphatic heterocycles. The number of alkyl halides is 2. The van der Waals surface area contributed by atoms with Crippen LogP contribution in [0.4, 0.5) is 34.1 Å². The van der Waals surface area contributed by atoms with Crippen molar-refractivity contribution < 1.29 is 28.9 Å².